The topological polar surface area (TPSA) is 107 Å². The predicted molar refractivity (Wildman–Crippen MR) is 155 cm³/mol. The highest BCUT2D eigenvalue weighted by Gasteiger charge is 2.37. The number of hydrogen-bond acceptors (Lipinski definition) is 8. The maximum Gasteiger partial charge on any atom is 0.247 e. The molecule has 2 aromatic heterocycles. The Morgan fingerprint density at radius 2 is 1.90 bits per heavy atom. The van der Waals surface area contributed by atoms with Gasteiger partial charge in [0, 0.05) is 36.4 Å². The van der Waals surface area contributed by atoms with E-state index in [1.807, 2.05) is 32.0 Å². The van der Waals surface area contributed by atoms with Gasteiger partial charge in [0.1, 0.15) is 17.5 Å². The third-order valence-electron chi connectivity index (χ3n) is 6.71. The first kappa shape index (κ1) is 29.1. The van der Waals surface area contributed by atoms with Crippen molar-refractivity contribution in [3.63, 3.8) is 0 Å². The minimum Gasteiger partial charge on any atom is -0.497 e. The summed E-state index contributed by atoms with van der Waals surface area (Å²) < 4.78 is 10.8. The van der Waals surface area contributed by atoms with Gasteiger partial charge in [-0.3, -0.25) is 14.6 Å². The molecule has 2 heterocycles. The van der Waals surface area contributed by atoms with Crippen LogP contribution in [-0.4, -0.2) is 57.7 Å². The van der Waals surface area contributed by atoms with Crippen molar-refractivity contribution < 1.29 is 19.1 Å². The lowest BCUT2D eigenvalue weighted by atomic mass is 9.86. The summed E-state index contributed by atoms with van der Waals surface area (Å²) in [5, 5.41) is 3.57. The molecule has 3 aromatic rings. The third kappa shape index (κ3) is 7.59. The molecule has 10 heteroatoms. The molecule has 0 spiro atoms. The Morgan fingerprint density at radius 3 is 2.55 bits per heavy atom. The van der Waals surface area contributed by atoms with Crippen LogP contribution in [0.2, 0.25) is 0 Å². The van der Waals surface area contributed by atoms with Crippen molar-refractivity contribution in [3.8, 4) is 11.5 Å². The Balaban J connectivity index is 1.66. The summed E-state index contributed by atoms with van der Waals surface area (Å²) in [7, 11) is 3.11. The maximum atomic E-state index is 14.1. The normalized spacial score (nSPS) is 15.2. The van der Waals surface area contributed by atoms with Crippen molar-refractivity contribution in [2.75, 3.05) is 25.3 Å². The van der Waals surface area contributed by atoms with Crippen molar-refractivity contribution in [1.29, 1.82) is 0 Å². The fraction of sp³-hybridized carbons (Fsp3) is 0.367. The average Bonchev–Trinajstić information content (AvgIpc) is 2.96. The molecule has 0 unspecified atom stereocenters. The van der Waals surface area contributed by atoms with E-state index in [0.717, 1.165) is 29.8 Å². The molecule has 2 atom stereocenters. The number of thioether (sulfide) groups is 1. The highest BCUT2D eigenvalue weighted by Crippen LogP contribution is 2.32. The fourth-order valence-electron chi connectivity index (χ4n) is 4.82. The van der Waals surface area contributed by atoms with Gasteiger partial charge in [-0.2, -0.15) is 0 Å². The number of carbonyl (C=O) groups excluding carboxylic acids is 2. The van der Waals surface area contributed by atoms with Gasteiger partial charge in [-0.15, -0.1) is 0 Å². The van der Waals surface area contributed by atoms with E-state index < -0.39 is 6.04 Å². The second-order valence-electron chi connectivity index (χ2n) is 9.65. The van der Waals surface area contributed by atoms with Crippen LogP contribution in [0.5, 0.6) is 11.5 Å². The van der Waals surface area contributed by atoms with Crippen LogP contribution >= 0.6 is 11.8 Å². The van der Waals surface area contributed by atoms with Gasteiger partial charge in [0.25, 0.3) is 0 Å². The standard InChI is InChI=1S/C30H35N5O4S/c1-20-15-21(2)33-30(32-20)40-19-27(36)35(18-22-9-8-14-31-17-22)28(23-10-6-5-7-11-23)29(37)34-25-13-12-24(38-3)16-26(25)39-4/h5-6,8-9,12-17,23,28H,7,10-11,18-19H2,1-4H3,(H,34,37)/t23-,28+/m0/s1. The lowest BCUT2D eigenvalue weighted by Gasteiger charge is -2.37. The molecule has 1 aromatic carbocycles. The number of ether oxygens (including phenoxy) is 2. The number of benzene rings is 1. The zero-order valence-corrected chi connectivity index (χ0v) is 24.1. The molecule has 0 saturated heterocycles. The van der Waals surface area contributed by atoms with Gasteiger partial charge < -0.3 is 19.7 Å². The number of hydrogen-bond donors (Lipinski definition) is 1. The first-order valence-electron chi connectivity index (χ1n) is 13.2. The Bertz CT molecular complexity index is 1330. The van der Waals surface area contributed by atoms with E-state index in [1.54, 1.807) is 49.7 Å². The van der Waals surface area contributed by atoms with Crippen LogP contribution in [0.3, 0.4) is 0 Å². The van der Waals surface area contributed by atoms with Crippen LogP contribution in [0.4, 0.5) is 5.69 Å². The summed E-state index contributed by atoms with van der Waals surface area (Å²) >= 11 is 1.28. The van der Waals surface area contributed by atoms with E-state index >= 15 is 0 Å². The summed E-state index contributed by atoms with van der Waals surface area (Å²) in [6.45, 7) is 4.05. The summed E-state index contributed by atoms with van der Waals surface area (Å²) in [5.74, 6) is 0.686. The average molecular weight is 562 g/mol. The minimum absolute atomic E-state index is 0.0580. The van der Waals surface area contributed by atoms with Crippen molar-refractivity contribution in [3.05, 3.63) is 77.9 Å². The van der Waals surface area contributed by atoms with E-state index in [1.165, 1.54) is 11.8 Å². The Morgan fingerprint density at radius 1 is 1.10 bits per heavy atom. The molecule has 0 fully saturated rings. The summed E-state index contributed by atoms with van der Waals surface area (Å²) in [4.78, 5) is 42.8. The number of aryl methyl sites for hydroxylation is 2. The number of nitrogens with zero attached hydrogens (tertiary/aromatic N) is 4. The Hall–Kier alpha value is -3.92. The van der Waals surface area contributed by atoms with E-state index in [-0.39, 0.29) is 30.0 Å². The Kier molecular flexibility index (Phi) is 10.1. The van der Waals surface area contributed by atoms with Crippen LogP contribution in [-0.2, 0) is 16.1 Å². The number of nitrogens with one attached hydrogen (secondary N) is 1. The molecule has 9 nitrogen and oxygen atoms in total. The Labute approximate surface area is 239 Å². The zero-order chi connectivity index (χ0) is 28.5. The number of rotatable bonds is 11. The molecule has 4 rings (SSSR count). The van der Waals surface area contributed by atoms with E-state index in [2.05, 4.69) is 32.4 Å². The van der Waals surface area contributed by atoms with Gasteiger partial charge in [0.05, 0.1) is 25.7 Å². The molecule has 0 aliphatic heterocycles. The number of pyridine rings is 1. The third-order valence-corrected chi connectivity index (χ3v) is 7.54. The summed E-state index contributed by atoms with van der Waals surface area (Å²) in [6, 6.07) is 10.1. The van der Waals surface area contributed by atoms with Gasteiger partial charge >= 0.3 is 0 Å². The monoisotopic (exact) mass is 561 g/mol. The quantitative estimate of drug-likeness (QED) is 0.198. The predicted octanol–water partition coefficient (Wildman–Crippen LogP) is 4.99. The van der Waals surface area contributed by atoms with Gasteiger partial charge in [-0.1, -0.05) is 30.0 Å². The number of carbonyl (C=O) groups is 2. The van der Waals surface area contributed by atoms with E-state index in [0.29, 0.717) is 28.8 Å². The first-order chi connectivity index (χ1) is 19.4. The van der Waals surface area contributed by atoms with Crippen molar-refractivity contribution in [1.82, 2.24) is 19.9 Å². The molecule has 1 aliphatic rings. The number of allylic oxidation sites excluding steroid dienone is 2. The highest BCUT2D eigenvalue weighted by atomic mass is 32.2. The molecule has 1 N–H and O–H groups in total. The van der Waals surface area contributed by atoms with Gasteiger partial charge in [-0.05, 0) is 68.9 Å². The molecule has 0 bridgehead atoms. The fourth-order valence-corrected chi connectivity index (χ4v) is 5.66. The maximum absolute atomic E-state index is 14.1. The van der Waals surface area contributed by atoms with Gasteiger partial charge in [0.15, 0.2) is 5.16 Å². The SMILES string of the molecule is COc1ccc(NC(=O)[C@@H]([C@H]2CC=CCC2)N(Cc2cccnc2)C(=O)CSc2nc(C)cc(C)n2)c(OC)c1. The van der Waals surface area contributed by atoms with E-state index in [9.17, 15) is 9.59 Å². The molecule has 40 heavy (non-hydrogen) atoms. The van der Waals surface area contributed by atoms with Gasteiger partial charge in [0.2, 0.25) is 11.8 Å². The summed E-state index contributed by atoms with van der Waals surface area (Å²) in [5.41, 5.74) is 3.04. The van der Waals surface area contributed by atoms with Crippen LogP contribution in [0.15, 0.2) is 66.1 Å². The second kappa shape index (κ2) is 13.9. The number of amides is 2. The number of anilines is 1. The smallest absolute Gasteiger partial charge is 0.247 e. The van der Waals surface area contributed by atoms with E-state index in [4.69, 9.17) is 9.47 Å². The zero-order valence-electron chi connectivity index (χ0n) is 23.3. The minimum atomic E-state index is -0.717. The van der Waals surface area contributed by atoms with Crippen molar-refractivity contribution in [2.45, 2.75) is 50.9 Å². The molecule has 1 aliphatic carbocycles. The van der Waals surface area contributed by atoms with Crippen LogP contribution in [0.25, 0.3) is 0 Å². The molecular weight excluding hydrogens is 526 g/mol. The first-order valence-corrected chi connectivity index (χ1v) is 14.2. The number of methoxy groups -OCH3 is 2. The van der Waals surface area contributed by atoms with Crippen molar-refractivity contribution >= 4 is 29.3 Å². The van der Waals surface area contributed by atoms with Crippen LogP contribution < -0.4 is 14.8 Å². The summed E-state index contributed by atoms with van der Waals surface area (Å²) in [6.07, 6.45) is 9.96. The van der Waals surface area contributed by atoms with Crippen LogP contribution in [0, 0.1) is 19.8 Å². The lowest BCUT2D eigenvalue weighted by Crippen LogP contribution is -2.52. The molecule has 0 radical (unpaired) electrons. The highest BCUT2D eigenvalue weighted by molar-refractivity contribution is 7.99. The molecule has 210 valence electrons. The van der Waals surface area contributed by atoms with Crippen molar-refractivity contribution in [2.24, 2.45) is 5.92 Å². The van der Waals surface area contributed by atoms with Gasteiger partial charge in [-0.25, -0.2) is 9.97 Å². The largest absolute Gasteiger partial charge is 0.497 e. The molecule has 2 amide bonds. The number of aromatic nitrogens is 3. The van der Waals surface area contributed by atoms with Crippen LogP contribution in [0.1, 0.15) is 36.2 Å². The molecular formula is C30H35N5O4S. The molecule has 0 saturated carbocycles. The lowest BCUT2D eigenvalue weighted by molar-refractivity contribution is -0.139. The second-order valence-corrected chi connectivity index (χ2v) is 10.6.